The van der Waals surface area contributed by atoms with Gasteiger partial charge in [-0.15, -0.1) is 0 Å². The number of nitrogens with two attached hydrogens (primary N) is 1. The Morgan fingerprint density at radius 2 is 2.11 bits per heavy atom. The summed E-state index contributed by atoms with van der Waals surface area (Å²) >= 11 is 0. The molecule has 0 saturated carbocycles. The van der Waals surface area contributed by atoms with E-state index in [-0.39, 0.29) is 6.04 Å². The van der Waals surface area contributed by atoms with Crippen LogP contribution in [0.3, 0.4) is 0 Å². The minimum absolute atomic E-state index is 0.0624. The Hall–Kier alpha value is -1.30. The SMILES string of the molecule is CCOCCC(NN)c1ccc2c(c1)OCCO2. The van der Waals surface area contributed by atoms with Crippen molar-refractivity contribution in [3.8, 4) is 11.5 Å². The normalized spacial score (nSPS) is 15.4. The molecule has 0 aliphatic carbocycles. The van der Waals surface area contributed by atoms with Gasteiger partial charge in [0.2, 0.25) is 0 Å². The monoisotopic (exact) mass is 252 g/mol. The summed E-state index contributed by atoms with van der Waals surface area (Å²) in [4.78, 5) is 0. The average Bonchev–Trinajstić information content (AvgIpc) is 2.43. The summed E-state index contributed by atoms with van der Waals surface area (Å²) in [5, 5.41) is 0. The van der Waals surface area contributed by atoms with Crippen LogP contribution in [-0.4, -0.2) is 26.4 Å². The first-order valence-electron chi connectivity index (χ1n) is 6.28. The zero-order valence-electron chi connectivity index (χ0n) is 10.6. The van der Waals surface area contributed by atoms with E-state index in [2.05, 4.69) is 5.43 Å². The van der Waals surface area contributed by atoms with Gasteiger partial charge >= 0.3 is 0 Å². The van der Waals surface area contributed by atoms with Crippen LogP contribution in [0.5, 0.6) is 11.5 Å². The van der Waals surface area contributed by atoms with Crippen LogP contribution < -0.4 is 20.7 Å². The standard InChI is InChI=1S/C13H20N2O3/c1-2-16-6-5-11(15-14)10-3-4-12-13(9-10)18-8-7-17-12/h3-4,9,11,15H,2,5-8,14H2,1H3. The van der Waals surface area contributed by atoms with Gasteiger partial charge in [0.25, 0.3) is 0 Å². The van der Waals surface area contributed by atoms with Gasteiger partial charge in [-0.05, 0) is 31.0 Å². The van der Waals surface area contributed by atoms with Gasteiger partial charge in [-0.2, -0.15) is 0 Å². The van der Waals surface area contributed by atoms with Crippen LogP contribution >= 0.6 is 0 Å². The molecule has 0 bridgehead atoms. The number of fused-ring (bicyclic) bond motifs is 1. The van der Waals surface area contributed by atoms with Crippen LogP contribution in [-0.2, 0) is 4.74 Å². The van der Waals surface area contributed by atoms with Crippen LogP contribution in [0.4, 0.5) is 0 Å². The maximum absolute atomic E-state index is 5.59. The average molecular weight is 252 g/mol. The molecule has 100 valence electrons. The van der Waals surface area contributed by atoms with Crippen molar-refractivity contribution >= 4 is 0 Å². The lowest BCUT2D eigenvalue weighted by Gasteiger charge is -2.21. The molecule has 3 N–H and O–H groups in total. The van der Waals surface area contributed by atoms with Gasteiger partial charge in [-0.1, -0.05) is 6.07 Å². The van der Waals surface area contributed by atoms with Crippen molar-refractivity contribution < 1.29 is 14.2 Å². The van der Waals surface area contributed by atoms with Gasteiger partial charge in [0, 0.05) is 19.3 Å². The smallest absolute Gasteiger partial charge is 0.161 e. The van der Waals surface area contributed by atoms with E-state index in [0.717, 1.165) is 30.1 Å². The van der Waals surface area contributed by atoms with Crippen molar-refractivity contribution in [2.75, 3.05) is 26.4 Å². The second-order valence-electron chi connectivity index (χ2n) is 4.11. The van der Waals surface area contributed by atoms with Gasteiger partial charge in [-0.3, -0.25) is 11.3 Å². The number of hydrogen-bond donors (Lipinski definition) is 2. The molecule has 1 unspecified atom stereocenters. The van der Waals surface area contributed by atoms with Crippen molar-refractivity contribution in [1.82, 2.24) is 5.43 Å². The number of rotatable bonds is 6. The maximum atomic E-state index is 5.59. The van der Waals surface area contributed by atoms with Crippen LogP contribution in [0.15, 0.2) is 18.2 Å². The highest BCUT2D eigenvalue weighted by molar-refractivity contribution is 5.44. The van der Waals surface area contributed by atoms with Crippen molar-refractivity contribution in [2.24, 2.45) is 5.84 Å². The predicted octanol–water partition coefficient (Wildman–Crippen LogP) is 1.39. The van der Waals surface area contributed by atoms with E-state index >= 15 is 0 Å². The Morgan fingerprint density at radius 1 is 1.33 bits per heavy atom. The van der Waals surface area contributed by atoms with Gasteiger partial charge in [0.05, 0.1) is 0 Å². The third-order valence-corrected chi connectivity index (χ3v) is 2.92. The zero-order chi connectivity index (χ0) is 12.8. The van der Waals surface area contributed by atoms with E-state index in [9.17, 15) is 0 Å². The minimum Gasteiger partial charge on any atom is -0.486 e. The first-order valence-corrected chi connectivity index (χ1v) is 6.28. The highest BCUT2D eigenvalue weighted by atomic mass is 16.6. The quantitative estimate of drug-likeness (QED) is 0.455. The number of ether oxygens (including phenoxy) is 3. The Kier molecular flexibility index (Phi) is 4.81. The summed E-state index contributed by atoms with van der Waals surface area (Å²) < 4.78 is 16.4. The highest BCUT2D eigenvalue weighted by Crippen LogP contribution is 2.33. The second-order valence-corrected chi connectivity index (χ2v) is 4.11. The van der Waals surface area contributed by atoms with E-state index in [0.29, 0.717) is 19.8 Å². The lowest BCUT2D eigenvalue weighted by molar-refractivity contribution is 0.136. The molecule has 2 rings (SSSR count). The molecule has 1 aromatic carbocycles. The zero-order valence-corrected chi connectivity index (χ0v) is 10.6. The maximum Gasteiger partial charge on any atom is 0.161 e. The molecule has 0 radical (unpaired) electrons. The third-order valence-electron chi connectivity index (χ3n) is 2.92. The molecule has 0 amide bonds. The fourth-order valence-electron chi connectivity index (χ4n) is 1.97. The fraction of sp³-hybridized carbons (Fsp3) is 0.538. The molecule has 0 aromatic heterocycles. The molecule has 1 atom stereocenters. The number of hydrogen-bond acceptors (Lipinski definition) is 5. The van der Waals surface area contributed by atoms with E-state index in [4.69, 9.17) is 20.1 Å². The lowest BCUT2D eigenvalue weighted by Crippen LogP contribution is -2.29. The van der Waals surface area contributed by atoms with E-state index in [1.54, 1.807) is 0 Å². The first kappa shape index (κ1) is 13.1. The Balaban J connectivity index is 2.05. The van der Waals surface area contributed by atoms with E-state index in [1.165, 1.54) is 0 Å². The summed E-state index contributed by atoms with van der Waals surface area (Å²) in [5.74, 6) is 7.17. The Morgan fingerprint density at radius 3 is 2.83 bits per heavy atom. The van der Waals surface area contributed by atoms with E-state index in [1.807, 2.05) is 25.1 Å². The molecule has 0 saturated heterocycles. The summed E-state index contributed by atoms with van der Waals surface area (Å²) in [6.45, 7) is 4.58. The summed E-state index contributed by atoms with van der Waals surface area (Å²) in [6.07, 6.45) is 0.823. The Labute approximate surface area is 107 Å². The third kappa shape index (κ3) is 3.13. The largest absolute Gasteiger partial charge is 0.486 e. The molecule has 5 nitrogen and oxygen atoms in total. The first-order chi connectivity index (χ1) is 8.85. The topological polar surface area (TPSA) is 65.7 Å². The molecule has 1 heterocycles. The van der Waals surface area contributed by atoms with Crippen molar-refractivity contribution in [2.45, 2.75) is 19.4 Å². The lowest BCUT2D eigenvalue weighted by atomic mass is 10.0. The summed E-state index contributed by atoms with van der Waals surface area (Å²) in [5.41, 5.74) is 3.89. The van der Waals surface area contributed by atoms with Crippen LogP contribution in [0, 0.1) is 0 Å². The van der Waals surface area contributed by atoms with Crippen molar-refractivity contribution in [3.63, 3.8) is 0 Å². The molecule has 0 spiro atoms. The van der Waals surface area contributed by atoms with Crippen molar-refractivity contribution in [1.29, 1.82) is 0 Å². The molecule has 1 aliphatic rings. The summed E-state index contributed by atoms with van der Waals surface area (Å²) in [6, 6.07) is 5.97. The minimum atomic E-state index is 0.0624. The van der Waals surface area contributed by atoms with Crippen LogP contribution in [0.25, 0.3) is 0 Å². The summed E-state index contributed by atoms with van der Waals surface area (Å²) in [7, 11) is 0. The van der Waals surface area contributed by atoms with Gasteiger partial charge in [-0.25, -0.2) is 0 Å². The molecule has 5 heteroatoms. The number of benzene rings is 1. The molecule has 0 fully saturated rings. The van der Waals surface area contributed by atoms with Gasteiger partial charge in [0.15, 0.2) is 11.5 Å². The highest BCUT2D eigenvalue weighted by Gasteiger charge is 2.16. The Bertz CT molecular complexity index is 384. The molecule has 18 heavy (non-hydrogen) atoms. The fourth-order valence-corrected chi connectivity index (χ4v) is 1.97. The van der Waals surface area contributed by atoms with Gasteiger partial charge in [0.1, 0.15) is 13.2 Å². The molecule has 1 aliphatic heterocycles. The molecule has 1 aromatic rings. The van der Waals surface area contributed by atoms with E-state index < -0.39 is 0 Å². The predicted molar refractivity (Wildman–Crippen MR) is 68.6 cm³/mol. The number of hydrazine groups is 1. The second kappa shape index (κ2) is 6.58. The molecular formula is C13H20N2O3. The number of nitrogens with one attached hydrogen (secondary N) is 1. The molecular weight excluding hydrogens is 232 g/mol. The van der Waals surface area contributed by atoms with Crippen molar-refractivity contribution in [3.05, 3.63) is 23.8 Å². The van der Waals surface area contributed by atoms with Crippen LogP contribution in [0.2, 0.25) is 0 Å². The van der Waals surface area contributed by atoms with Gasteiger partial charge < -0.3 is 14.2 Å². The van der Waals surface area contributed by atoms with Crippen LogP contribution in [0.1, 0.15) is 24.9 Å².